The fourth-order valence-corrected chi connectivity index (χ4v) is 3.22. The second-order valence-corrected chi connectivity index (χ2v) is 6.73. The van der Waals surface area contributed by atoms with Crippen LogP contribution in [0.2, 0.25) is 0 Å². The van der Waals surface area contributed by atoms with Gasteiger partial charge in [0.25, 0.3) is 5.95 Å². The molecule has 9 nitrogen and oxygen atoms in total. The van der Waals surface area contributed by atoms with Crippen LogP contribution in [0.1, 0.15) is 28.3 Å². The number of hydrogen-bond donors (Lipinski definition) is 1. The smallest absolute Gasteiger partial charge is 0.334 e. The molecule has 1 fully saturated rings. The third-order valence-electron chi connectivity index (χ3n) is 4.62. The highest BCUT2D eigenvalue weighted by atomic mass is 16.5. The predicted octanol–water partition coefficient (Wildman–Crippen LogP) is 0.750. The monoisotopic (exact) mass is 373 g/mol. The summed E-state index contributed by atoms with van der Waals surface area (Å²) in [6.07, 6.45) is -0.828. The van der Waals surface area contributed by atoms with Gasteiger partial charge in [0.15, 0.2) is 6.10 Å². The lowest BCUT2D eigenvalue weighted by molar-refractivity contribution is -0.159. The Bertz CT molecular complexity index is 872. The normalized spacial score (nSPS) is 17.2. The van der Waals surface area contributed by atoms with E-state index in [1.54, 1.807) is 4.68 Å². The van der Waals surface area contributed by atoms with Gasteiger partial charge in [0.2, 0.25) is 5.91 Å². The molecule has 27 heavy (non-hydrogen) atoms. The van der Waals surface area contributed by atoms with Crippen LogP contribution in [0.15, 0.2) is 6.07 Å². The van der Waals surface area contributed by atoms with Crippen molar-refractivity contribution >= 4 is 11.9 Å². The molecular formula is C18H23N5O4. The fraction of sp³-hybridized carbons (Fsp3) is 0.500. The lowest BCUT2D eigenvalue weighted by Gasteiger charge is -2.31. The van der Waals surface area contributed by atoms with Crippen molar-refractivity contribution in [2.75, 3.05) is 19.7 Å². The highest BCUT2D eigenvalue weighted by Crippen LogP contribution is 2.19. The van der Waals surface area contributed by atoms with Crippen molar-refractivity contribution in [3.8, 4) is 5.95 Å². The molecule has 2 aromatic rings. The maximum Gasteiger partial charge on any atom is 0.334 e. The van der Waals surface area contributed by atoms with E-state index in [2.05, 4.69) is 15.1 Å². The van der Waals surface area contributed by atoms with Gasteiger partial charge in [0.05, 0.1) is 25.3 Å². The van der Waals surface area contributed by atoms with Crippen LogP contribution >= 0.6 is 0 Å². The predicted molar refractivity (Wildman–Crippen MR) is 95.8 cm³/mol. The van der Waals surface area contributed by atoms with Crippen LogP contribution in [0.3, 0.4) is 0 Å². The van der Waals surface area contributed by atoms with Gasteiger partial charge in [-0.15, -0.1) is 0 Å². The number of carboxylic acids is 1. The molecule has 2 aromatic heterocycles. The van der Waals surface area contributed by atoms with Gasteiger partial charge in [-0.3, -0.25) is 4.79 Å². The Balaban J connectivity index is 1.82. The van der Waals surface area contributed by atoms with E-state index < -0.39 is 12.1 Å². The number of rotatable bonds is 4. The summed E-state index contributed by atoms with van der Waals surface area (Å²) in [4.78, 5) is 34.2. The van der Waals surface area contributed by atoms with Crippen molar-refractivity contribution in [3.63, 3.8) is 0 Å². The van der Waals surface area contributed by atoms with Crippen molar-refractivity contribution in [2.24, 2.45) is 0 Å². The van der Waals surface area contributed by atoms with Crippen molar-refractivity contribution < 1.29 is 19.4 Å². The van der Waals surface area contributed by atoms with Crippen molar-refractivity contribution in [3.05, 3.63) is 34.4 Å². The minimum Gasteiger partial charge on any atom is -0.479 e. The van der Waals surface area contributed by atoms with Crippen molar-refractivity contribution in [2.45, 2.75) is 40.2 Å². The maximum atomic E-state index is 12.7. The average Bonchev–Trinajstić information content (AvgIpc) is 2.89. The molecule has 1 saturated heterocycles. The molecule has 0 spiro atoms. The largest absolute Gasteiger partial charge is 0.479 e. The first-order valence-corrected chi connectivity index (χ1v) is 8.76. The zero-order valence-corrected chi connectivity index (χ0v) is 15.9. The van der Waals surface area contributed by atoms with Gasteiger partial charge >= 0.3 is 5.97 Å². The van der Waals surface area contributed by atoms with Gasteiger partial charge in [-0.2, -0.15) is 5.10 Å². The molecule has 1 atom stereocenters. The molecule has 0 saturated carbocycles. The number of carbonyl (C=O) groups is 2. The number of aryl methyl sites for hydroxylation is 3. The van der Waals surface area contributed by atoms with E-state index in [4.69, 9.17) is 9.84 Å². The van der Waals surface area contributed by atoms with Gasteiger partial charge in [0, 0.05) is 29.2 Å². The summed E-state index contributed by atoms with van der Waals surface area (Å²) in [6, 6.07) is 1.89. The standard InChI is InChI=1S/C18H23N5O4/c1-10-7-11(2)20-18(19-10)23-13(4)14(12(3)21-23)8-16(24)22-5-6-27-15(9-22)17(25)26/h7,15H,5-6,8-9H2,1-4H3,(H,25,26). The third kappa shape index (κ3) is 3.97. The number of morpholine rings is 1. The SMILES string of the molecule is Cc1cc(C)nc(-n2nc(C)c(CC(=O)N3CCOC(C(=O)O)C3)c2C)n1. The Morgan fingerprint density at radius 1 is 1.22 bits per heavy atom. The minimum absolute atomic E-state index is 0.0561. The highest BCUT2D eigenvalue weighted by Gasteiger charge is 2.30. The molecule has 0 aromatic carbocycles. The molecule has 1 aliphatic heterocycles. The summed E-state index contributed by atoms with van der Waals surface area (Å²) in [6.45, 7) is 8.17. The second kappa shape index (κ2) is 7.43. The minimum atomic E-state index is -1.06. The van der Waals surface area contributed by atoms with Crippen LogP contribution in [-0.2, 0) is 20.7 Å². The quantitative estimate of drug-likeness (QED) is 0.842. The van der Waals surface area contributed by atoms with Crippen molar-refractivity contribution in [1.29, 1.82) is 0 Å². The van der Waals surface area contributed by atoms with E-state index in [0.29, 0.717) is 12.5 Å². The van der Waals surface area contributed by atoms with Crippen molar-refractivity contribution in [1.82, 2.24) is 24.6 Å². The third-order valence-corrected chi connectivity index (χ3v) is 4.62. The molecule has 1 amide bonds. The fourth-order valence-electron chi connectivity index (χ4n) is 3.22. The highest BCUT2D eigenvalue weighted by molar-refractivity contribution is 5.81. The van der Waals surface area contributed by atoms with Gasteiger partial charge in [0.1, 0.15) is 0 Å². The number of aromatic nitrogens is 4. The molecule has 0 bridgehead atoms. The van der Waals surface area contributed by atoms with Gasteiger partial charge < -0.3 is 14.7 Å². The summed E-state index contributed by atoms with van der Waals surface area (Å²) < 4.78 is 6.83. The first-order chi connectivity index (χ1) is 12.8. The number of ether oxygens (including phenoxy) is 1. The second-order valence-electron chi connectivity index (χ2n) is 6.73. The molecule has 0 aliphatic carbocycles. The summed E-state index contributed by atoms with van der Waals surface area (Å²) in [7, 11) is 0. The Kier molecular flexibility index (Phi) is 5.22. The number of aliphatic carboxylic acids is 1. The van der Waals surface area contributed by atoms with Gasteiger partial charge in [-0.1, -0.05) is 0 Å². The molecule has 144 valence electrons. The topological polar surface area (TPSA) is 110 Å². The summed E-state index contributed by atoms with van der Waals surface area (Å²) in [5, 5.41) is 13.6. The summed E-state index contributed by atoms with van der Waals surface area (Å²) in [5.74, 6) is -0.722. The molecule has 9 heteroatoms. The Labute approximate surface area is 157 Å². The molecule has 1 N–H and O–H groups in total. The van der Waals surface area contributed by atoms with E-state index >= 15 is 0 Å². The average molecular weight is 373 g/mol. The number of nitrogens with zero attached hydrogens (tertiary/aromatic N) is 5. The van der Waals surface area contributed by atoms with Crippen LogP contribution in [0.25, 0.3) is 5.95 Å². The van der Waals surface area contributed by atoms with E-state index in [1.165, 1.54) is 4.90 Å². The number of carboxylic acid groups (broad SMARTS) is 1. The Hall–Kier alpha value is -2.81. The zero-order valence-electron chi connectivity index (χ0n) is 15.9. The van der Waals surface area contributed by atoms with Crippen LogP contribution in [0, 0.1) is 27.7 Å². The first-order valence-electron chi connectivity index (χ1n) is 8.76. The maximum absolute atomic E-state index is 12.7. The first kappa shape index (κ1) is 19.0. The lowest BCUT2D eigenvalue weighted by atomic mass is 10.1. The van der Waals surface area contributed by atoms with E-state index in [1.807, 2.05) is 33.8 Å². The molecule has 1 aliphatic rings. The number of amides is 1. The van der Waals surface area contributed by atoms with Gasteiger partial charge in [-0.25, -0.2) is 19.4 Å². The van der Waals surface area contributed by atoms with E-state index in [9.17, 15) is 9.59 Å². The number of carbonyl (C=O) groups excluding carboxylic acids is 1. The van der Waals surface area contributed by atoms with Crippen LogP contribution in [0.5, 0.6) is 0 Å². The zero-order chi connectivity index (χ0) is 19.7. The van der Waals surface area contributed by atoms with E-state index in [0.717, 1.165) is 28.3 Å². The van der Waals surface area contributed by atoms with Crippen LogP contribution in [0.4, 0.5) is 0 Å². The molecule has 1 unspecified atom stereocenters. The Morgan fingerprint density at radius 3 is 2.52 bits per heavy atom. The Morgan fingerprint density at radius 2 is 1.89 bits per heavy atom. The van der Waals surface area contributed by atoms with Crippen LogP contribution in [-0.4, -0.2) is 67.4 Å². The van der Waals surface area contributed by atoms with Crippen LogP contribution < -0.4 is 0 Å². The molecule has 3 rings (SSSR count). The molecule has 3 heterocycles. The van der Waals surface area contributed by atoms with E-state index in [-0.39, 0.29) is 25.5 Å². The van der Waals surface area contributed by atoms with Gasteiger partial charge in [-0.05, 0) is 33.8 Å². The summed E-state index contributed by atoms with van der Waals surface area (Å²) >= 11 is 0. The molecule has 0 radical (unpaired) electrons. The number of hydrogen-bond acceptors (Lipinski definition) is 6. The molecular weight excluding hydrogens is 350 g/mol. The summed E-state index contributed by atoms with van der Waals surface area (Å²) in [5.41, 5.74) is 4.02. The lowest BCUT2D eigenvalue weighted by Crippen LogP contribution is -2.49.